The van der Waals surface area contributed by atoms with Crippen molar-refractivity contribution in [3.8, 4) is 0 Å². The van der Waals surface area contributed by atoms with Gasteiger partial charge in [-0.3, -0.25) is 4.79 Å². The predicted molar refractivity (Wildman–Crippen MR) is 96.0 cm³/mol. The van der Waals surface area contributed by atoms with E-state index < -0.39 is 22.0 Å². The zero-order valence-electron chi connectivity index (χ0n) is 15.3. The number of esters is 1. The lowest BCUT2D eigenvalue weighted by molar-refractivity contribution is -0.145. The fourth-order valence-electron chi connectivity index (χ4n) is 3.06. The lowest BCUT2D eigenvalue weighted by atomic mass is 9.87. The summed E-state index contributed by atoms with van der Waals surface area (Å²) in [5.41, 5.74) is 2.35. The van der Waals surface area contributed by atoms with Crippen LogP contribution in [0.15, 0.2) is 35.5 Å². The number of rotatable bonds is 3. The van der Waals surface area contributed by atoms with Crippen molar-refractivity contribution in [2.75, 3.05) is 7.11 Å². The Kier molecular flexibility index (Phi) is 4.66. The van der Waals surface area contributed by atoms with Gasteiger partial charge in [0.1, 0.15) is 6.04 Å². The Hall–Kier alpha value is -2.19. The summed E-state index contributed by atoms with van der Waals surface area (Å²) in [7, 11) is -2.61. The first-order chi connectivity index (χ1) is 12.1. The minimum absolute atomic E-state index is 0.0540. The molecule has 1 unspecified atom stereocenters. The number of imidazole rings is 1. The smallest absolute Gasteiger partial charge is 0.324 e. The molecule has 0 fully saturated rings. The van der Waals surface area contributed by atoms with Crippen molar-refractivity contribution in [3.63, 3.8) is 0 Å². The van der Waals surface area contributed by atoms with Gasteiger partial charge in [-0.05, 0) is 23.1 Å². The standard InChI is InChI=1S/C18H23N3O4S/c1-18(2,3)12-5-7-13(8-6-12)26(23,24)21-10-15-14(19-11-20-15)9-16(21)17(22)25-4/h5-8,11,16H,9-10H2,1-4H3,(H,19,20). The summed E-state index contributed by atoms with van der Waals surface area (Å²) in [6.45, 7) is 6.25. The molecule has 0 amide bonds. The number of methoxy groups -OCH3 is 1. The first-order valence-corrected chi connectivity index (χ1v) is 9.80. The van der Waals surface area contributed by atoms with Gasteiger partial charge < -0.3 is 9.72 Å². The van der Waals surface area contributed by atoms with Crippen molar-refractivity contribution in [2.24, 2.45) is 0 Å². The lowest BCUT2D eigenvalue weighted by Crippen LogP contribution is -2.49. The number of fused-ring (bicyclic) bond motifs is 1. The summed E-state index contributed by atoms with van der Waals surface area (Å²) < 4.78 is 32.4. The zero-order chi connectivity index (χ0) is 19.1. The number of benzene rings is 1. The molecule has 1 N–H and O–H groups in total. The van der Waals surface area contributed by atoms with Gasteiger partial charge >= 0.3 is 5.97 Å². The van der Waals surface area contributed by atoms with Crippen LogP contribution in [0.1, 0.15) is 37.7 Å². The second kappa shape index (κ2) is 6.51. The number of carbonyl (C=O) groups is 1. The summed E-state index contributed by atoms with van der Waals surface area (Å²) in [6, 6.07) is 5.87. The van der Waals surface area contributed by atoms with E-state index in [4.69, 9.17) is 4.74 Å². The fourth-order valence-corrected chi connectivity index (χ4v) is 4.61. The highest BCUT2D eigenvalue weighted by molar-refractivity contribution is 7.89. The van der Waals surface area contributed by atoms with Crippen LogP contribution >= 0.6 is 0 Å². The van der Waals surface area contributed by atoms with Crippen LogP contribution in [0.25, 0.3) is 0 Å². The molecule has 1 aromatic heterocycles. The Bertz CT molecular complexity index is 911. The lowest BCUT2D eigenvalue weighted by Gasteiger charge is -2.32. The number of sulfonamides is 1. The topological polar surface area (TPSA) is 92.4 Å². The van der Waals surface area contributed by atoms with E-state index in [0.29, 0.717) is 11.4 Å². The summed E-state index contributed by atoms with van der Waals surface area (Å²) >= 11 is 0. The molecule has 140 valence electrons. The molecule has 0 saturated heterocycles. The molecule has 7 nitrogen and oxygen atoms in total. The molecular formula is C18H23N3O4S. The van der Waals surface area contributed by atoms with Crippen LogP contribution in [0.5, 0.6) is 0 Å². The van der Waals surface area contributed by atoms with Crippen molar-refractivity contribution in [1.82, 2.24) is 14.3 Å². The molecule has 0 spiro atoms. The quantitative estimate of drug-likeness (QED) is 0.826. The Morgan fingerprint density at radius 3 is 2.50 bits per heavy atom. The molecule has 0 radical (unpaired) electrons. The van der Waals surface area contributed by atoms with E-state index in [-0.39, 0.29) is 23.3 Å². The number of hydrogen-bond acceptors (Lipinski definition) is 5. The van der Waals surface area contributed by atoms with Gasteiger partial charge in [0.05, 0.1) is 36.3 Å². The third-order valence-corrected chi connectivity index (χ3v) is 6.52. The molecule has 1 aliphatic rings. The largest absolute Gasteiger partial charge is 0.468 e. The monoisotopic (exact) mass is 377 g/mol. The Labute approximate surface area is 153 Å². The fraction of sp³-hybridized carbons (Fsp3) is 0.444. The van der Waals surface area contributed by atoms with Crippen LogP contribution < -0.4 is 0 Å². The molecule has 0 saturated carbocycles. The zero-order valence-corrected chi connectivity index (χ0v) is 16.1. The van der Waals surface area contributed by atoms with Crippen molar-refractivity contribution in [2.45, 2.75) is 50.1 Å². The Balaban J connectivity index is 2.00. The normalized spacial score (nSPS) is 18.4. The highest BCUT2D eigenvalue weighted by Gasteiger charge is 2.41. The highest BCUT2D eigenvalue weighted by atomic mass is 32.2. The van der Waals surface area contributed by atoms with Crippen LogP contribution in [-0.4, -0.2) is 41.8 Å². The highest BCUT2D eigenvalue weighted by Crippen LogP contribution is 2.29. The van der Waals surface area contributed by atoms with Gasteiger partial charge in [-0.15, -0.1) is 0 Å². The Morgan fingerprint density at radius 2 is 1.92 bits per heavy atom. The number of carbonyl (C=O) groups excluding carboxylic acids is 1. The van der Waals surface area contributed by atoms with E-state index in [1.54, 1.807) is 12.1 Å². The average Bonchev–Trinajstić information content (AvgIpc) is 3.06. The maximum absolute atomic E-state index is 13.2. The van der Waals surface area contributed by atoms with E-state index in [9.17, 15) is 13.2 Å². The van der Waals surface area contributed by atoms with E-state index in [0.717, 1.165) is 5.56 Å². The minimum atomic E-state index is -3.86. The first kappa shape index (κ1) is 18.6. The molecule has 8 heteroatoms. The average molecular weight is 377 g/mol. The third-order valence-electron chi connectivity index (χ3n) is 4.66. The second-order valence-corrected chi connectivity index (χ2v) is 9.29. The first-order valence-electron chi connectivity index (χ1n) is 8.36. The van der Waals surface area contributed by atoms with Crippen molar-refractivity contribution < 1.29 is 17.9 Å². The molecule has 3 rings (SSSR count). The SMILES string of the molecule is COC(=O)C1Cc2nc[nH]c2CN1S(=O)(=O)c1ccc(C(C)(C)C)cc1. The van der Waals surface area contributed by atoms with E-state index in [1.165, 1.54) is 17.7 Å². The van der Waals surface area contributed by atoms with Crippen molar-refractivity contribution >= 4 is 16.0 Å². The van der Waals surface area contributed by atoms with Crippen LogP contribution in [0, 0.1) is 0 Å². The van der Waals surface area contributed by atoms with Crippen LogP contribution in [-0.2, 0) is 37.9 Å². The van der Waals surface area contributed by atoms with Gasteiger partial charge in [0.15, 0.2) is 0 Å². The number of aromatic amines is 1. The van der Waals surface area contributed by atoms with Crippen molar-refractivity contribution in [3.05, 3.63) is 47.5 Å². The molecule has 1 aromatic carbocycles. The van der Waals surface area contributed by atoms with E-state index in [1.807, 2.05) is 12.1 Å². The molecule has 1 aliphatic heterocycles. The van der Waals surface area contributed by atoms with Crippen LogP contribution in [0.2, 0.25) is 0 Å². The number of H-pyrrole nitrogens is 1. The van der Waals surface area contributed by atoms with Gasteiger partial charge in [-0.25, -0.2) is 13.4 Å². The van der Waals surface area contributed by atoms with E-state index in [2.05, 4.69) is 30.7 Å². The third kappa shape index (κ3) is 3.26. The molecule has 2 heterocycles. The molecule has 0 aliphatic carbocycles. The van der Waals surface area contributed by atoms with Gasteiger partial charge in [0.2, 0.25) is 10.0 Å². The predicted octanol–water partition coefficient (Wildman–Crippen LogP) is 2.00. The van der Waals surface area contributed by atoms with Gasteiger partial charge in [0.25, 0.3) is 0 Å². The summed E-state index contributed by atoms with van der Waals surface area (Å²) in [6.07, 6.45) is 1.69. The summed E-state index contributed by atoms with van der Waals surface area (Å²) in [5, 5.41) is 0. The number of nitrogens with one attached hydrogen (secondary N) is 1. The number of ether oxygens (including phenoxy) is 1. The number of aromatic nitrogens is 2. The Morgan fingerprint density at radius 1 is 1.27 bits per heavy atom. The van der Waals surface area contributed by atoms with Crippen LogP contribution in [0.4, 0.5) is 0 Å². The molecule has 0 bridgehead atoms. The van der Waals surface area contributed by atoms with E-state index >= 15 is 0 Å². The van der Waals surface area contributed by atoms with Crippen molar-refractivity contribution in [1.29, 1.82) is 0 Å². The van der Waals surface area contributed by atoms with Gasteiger partial charge in [-0.2, -0.15) is 4.31 Å². The van der Waals surface area contributed by atoms with Gasteiger partial charge in [-0.1, -0.05) is 32.9 Å². The summed E-state index contributed by atoms with van der Waals surface area (Å²) in [5.74, 6) is -0.589. The molecule has 2 aromatic rings. The number of nitrogens with zero attached hydrogens (tertiary/aromatic N) is 2. The maximum atomic E-state index is 13.2. The maximum Gasteiger partial charge on any atom is 0.324 e. The molecule has 1 atom stereocenters. The van der Waals surface area contributed by atoms with Crippen LogP contribution in [0.3, 0.4) is 0 Å². The minimum Gasteiger partial charge on any atom is -0.468 e. The molecule has 26 heavy (non-hydrogen) atoms. The number of hydrogen-bond donors (Lipinski definition) is 1. The molecular weight excluding hydrogens is 354 g/mol. The second-order valence-electron chi connectivity index (χ2n) is 7.40. The van der Waals surface area contributed by atoms with Gasteiger partial charge in [0, 0.05) is 6.42 Å². The summed E-state index contributed by atoms with van der Waals surface area (Å²) in [4.78, 5) is 19.5.